The summed E-state index contributed by atoms with van der Waals surface area (Å²) in [7, 11) is 1.70. The Balaban J connectivity index is 1.19. The molecule has 6 nitrogen and oxygen atoms in total. The minimum Gasteiger partial charge on any atom is -0.497 e. The molecule has 2 aliphatic rings. The van der Waals surface area contributed by atoms with E-state index in [-0.39, 0.29) is 0 Å². The summed E-state index contributed by atoms with van der Waals surface area (Å²) < 4.78 is 16.1. The van der Waals surface area contributed by atoms with E-state index in [0.717, 1.165) is 66.2 Å². The molecule has 29 heavy (non-hydrogen) atoms. The summed E-state index contributed by atoms with van der Waals surface area (Å²) in [5.41, 5.74) is 3.46. The van der Waals surface area contributed by atoms with Crippen LogP contribution in [-0.4, -0.2) is 50.0 Å². The molecule has 5 rings (SSSR count). The first-order valence-corrected chi connectivity index (χ1v) is 10.6. The van der Waals surface area contributed by atoms with Crippen LogP contribution in [0.15, 0.2) is 47.8 Å². The van der Waals surface area contributed by atoms with Gasteiger partial charge in [0.15, 0.2) is 11.5 Å². The van der Waals surface area contributed by atoms with Crippen LogP contribution in [0.2, 0.25) is 0 Å². The highest BCUT2D eigenvalue weighted by Gasteiger charge is 2.19. The Bertz CT molecular complexity index is 981. The molecule has 0 amide bonds. The zero-order valence-electron chi connectivity index (χ0n) is 16.3. The molecule has 1 aromatic heterocycles. The number of anilines is 1. The van der Waals surface area contributed by atoms with E-state index in [4.69, 9.17) is 19.2 Å². The first kappa shape index (κ1) is 18.3. The van der Waals surface area contributed by atoms with Crippen molar-refractivity contribution in [2.24, 2.45) is 0 Å². The third kappa shape index (κ3) is 3.88. The molecule has 2 aliphatic heterocycles. The quantitative estimate of drug-likeness (QED) is 0.638. The summed E-state index contributed by atoms with van der Waals surface area (Å²) in [4.78, 5) is 9.75. The van der Waals surface area contributed by atoms with Crippen molar-refractivity contribution in [3.8, 4) is 27.8 Å². The van der Waals surface area contributed by atoms with E-state index in [1.54, 1.807) is 18.4 Å². The fourth-order valence-corrected chi connectivity index (χ4v) is 4.54. The Morgan fingerprint density at radius 1 is 1.00 bits per heavy atom. The second kappa shape index (κ2) is 7.93. The van der Waals surface area contributed by atoms with Crippen LogP contribution in [0.3, 0.4) is 0 Å². The molecular weight excluding hydrogens is 386 g/mol. The van der Waals surface area contributed by atoms with Crippen molar-refractivity contribution in [1.82, 2.24) is 9.88 Å². The highest BCUT2D eigenvalue weighted by atomic mass is 32.1. The van der Waals surface area contributed by atoms with Gasteiger partial charge in [0.1, 0.15) is 10.8 Å². The fraction of sp³-hybridized carbons (Fsp3) is 0.318. The molecule has 3 heterocycles. The van der Waals surface area contributed by atoms with Crippen molar-refractivity contribution >= 4 is 17.0 Å². The van der Waals surface area contributed by atoms with Crippen LogP contribution in [-0.2, 0) is 6.54 Å². The fourth-order valence-electron chi connectivity index (χ4n) is 3.73. The monoisotopic (exact) mass is 409 g/mol. The summed E-state index contributed by atoms with van der Waals surface area (Å²) >= 11 is 1.68. The van der Waals surface area contributed by atoms with Gasteiger partial charge in [-0.05, 0) is 42.5 Å². The maximum absolute atomic E-state index is 5.48. The molecule has 0 bridgehead atoms. The van der Waals surface area contributed by atoms with Gasteiger partial charge in [0.05, 0.1) is 12.8 Å². The molecule has 0 radical (unpaired) electrons. The second-order valence-corrected chi connectivity index (χ2v) is 8.03. The number of fused-ring (bicyclic) bond motifs is 1. The number of hydrogen-bond donors (Lipinski definition) is 0. The zero-order valence-corrected chi connectivity index (χ0v) is 17.2. The topological polar surface area (TPSA) is 47.1 Å². The van der Waals surface area contributed by atoms with Crippen molar-refractivity contribution < 1.29 is 14.2 Å². The molecule has 1 saturated heterocycles. The minimum atomic E-state index is 0.296. The summed E-state index contributed by atoms with van der Waals surface area (Å²) in [6.07, 6.45) is 0. The van der Waals surface area contributed by atoms with Crippen LogP contribution in [0.25, 0.3) is 10.6 Å². The maximum Gasteiger partial charge on any atom is 0.231 e. The number of nitrogens with zero attached hydrogens (tertiary/aromatic N) is 3. The number of aromatic nitrogens is 1. The molecule has 2 aromatic carbocycles. The van der Waals surface area contributed by atoms with Gasteiger partial charge in [0.25, 0.3) is 0 Å². The van der Waals surface area contributed by atoms with Crippen molar-refractivity contribution in [1.29, 1.82) is 0 Å². The van der Waals surface area contributed by atoms with E-state index in [9.17, 15) is 0 Å². The van der Waals surface area contributed by atoms with Gasteiger partial charge >= 0.3 is 0 Å². The summed E-state index contributed by atoms with van der Waals surface area (Å²) in [5, 5.41) is 3.19. The van der Waals surface area contributed by atoms with E-state index in [2.05, 4.69) is 27.3 Å². The van der Waals surface area contributed by atoms with Crippen LogP contribution in [0, 0.1) is 0 Å². The maximum atomic E-state index is 5.48. The molecule has 3 aromatic rings. The Kier molecular flexibility index (Phi) is 4.99. The molecule has 7 heteroatoms. The Labute approximate surface area is 174 Å². The predicted molar refractivity (Wildman–Crippen MR) is 114 cm³/mol. The van der Waals surface area contributed by atoms with E-state index in [1.165, 1.54) is 5.69 Å². The SMILES string of the molecule is COc1ccc(N2CCN(Cc3csc(-c4ccc5c(c4)OCO5)n3)CC2)cc1. The Morgan fingerprint density at radius 2 is 1.79 bits per heavy atom. The first-order chi connectivity index (χ1) is 14.3. The number of benzene rings is 2. The van der Waals surface area contributed by atoms with Gasteiger partial charge in [-0.15, -0.1) is 11.3 Å². The normalized spacial score (nSPS) is 16.2. The lowest BCUT2D eigenvalue weighted by Crippen LogP contribution is -2.46. The van der Waals surface area contributed by atoms with Crippen molar-refractivity contribution in [3.63, 3.8) is 0 Å². The summed E-state index contributed by atoms with van der Waals surface area (Å²) in [6, 6.07) is 14.3. The molecule has 0 spiro atoms. The number of ether oxygens (including phenoxy) is 3. The van der Waals surface area contributed by atoms with Gasteiger partial charge in [0, 0.05) is 49.4 Å². The lowest BCUT2D eigenvalue weighted by Gasteiger charge is -2.35. The first-order valence-electron chi connectivity index (χ1n) is 9.74. The predicted octanol–water partition coefficient (Wildman–Crippen LogP) is 3.87. The number of methoxy groups -OCH3 is 1. The molecule has 0 aliphatic carbocycles. The average molecular weight is 410 g/mol. The van der Waals surface area contributed by atoms with Crippen molar-refractivity contribution in [3.05, 3.63) is 53.5 Å². The average Bonchev–Trinajstić information content (AvgIpc) is 3.43. The third-order valence-corrected chi connectivity index (χ3v) is 6.31. The van der Waals surface area contributed by atoms with E-state index in [1.807, 2.05) is 30.3 Å². The zero-order chi connectivity index (χ0) is 19.6. The summed E-state index contributed by atoms with van der Waals surface area (Å²) in [5.74, 6) is 2.50. The summed E-state index contributed by atoms with van der Waals surface area (Å²) in [6.45, 7) is 5.28. The lowest BCUT2D eigenvalue weighted by molar-refractivity contribution is 0.174. The van der Waals surface area contributed by atoms with Gasteiger partial charge in [-0.2, -0.15) is 0 Å². The molecule has 0 N–H and O–H groups in total. The van der Waals surface area contributed by atoms with Crippen LogP contribution >= 0.6 is 11.3 Å². The van der Waals surface area contributed by atoms with E-state index < -0.39 is 0 Å². The van der Waals surface area contributed by atoms with Gasteiger partial charge in [-0.25, -0.2) is 4.98 Å². The smallest absolute Gasteiger partial charge is 0.231 e. The molecule has 0 atom stereocenters. The van der Waals surface area contributed by atoms with Gasteiger partial charge in [0.2, 0.25) is 6.79 Å². The molecule has 0 unspecified atom stereocenters. The van der Waals surface area contributed by atoms with Gasteiger partial charge < -0.3 is 19.1 Å². The van der Waals surface area contributed by atoms with Crippen molar-refractivity contribution in [2.75, 3.05) is 45.0 Å². The minimum absolute atomic E-state index is 0.296. The van der Waals surface area contributed by atoms with Crippen LogP contribution in [0.1, 0.15) is 5.69 Å². The number of rotatable bonds is 5. The second-order valence-electron chi connectivity index (χ2n) is 7.17. The van der Waals surface area contributed by atoms with E-state index >= 15 is 0 Å². The highest BCUT2D eigenvalue weighted by Crippen LogP contribution is 2.36. The standard InChI is InChI=1S/C22H23N3O3S/c1-26-19-5-3-18(4-6-19)25-10-8-24(9-11-25)13-17-14-29-22(23-17)16-2-7-20-21(12-16)28-15-27-20/h2-7,12,14H,8-11,13,15H2,1H3. The van der Waals surface area contributed by atoms with Crippen molar-refractivity contribution in [2.45, 2.75) is 6.54 Å². The van der Waals surface area contributed by atoms with Crippen LogP contribution < -0.4 is 19.1 Å². The molecular formula is C22H23N3O3S. The Morgan fingerprint density at radius 3 is 2.59 bits per heavy atom. The van der Waals surface area contributed by atoms with Gasteiger partial charge in [-0.1, -0.05) is 0 Å². The Hall–Kier alpha value is -2.77. The van der Waals surface area contributed by atoms with Gasteiger partial charge in [-0.3, -0.25) is 4.90 Å². The van der Waals surface area contributed by atoms with E-state index in [0.29, 0.717) is 6.79 Å². The molecule has 1 fully saturated rings. The largest absolute Gasteiger partial charge is 0.497 e. The highest BCUT2D eigenvalue weighted by molar-refractivity contribution is 7.13. The number of piperazine rings is 1. The van der Waals surface area contributed by atoms with Crippen LogP contribution in [0.4, 0.5) is 5.69 Å². The molecule has 0 saturated carbocycles. The lowest BCUT2D eigenvalue weighted by atomic mass is 10.2. The number of hydrogen-bond acceptors (Lipinski definition) is 7. The third-order valence-electron chi connectivity index (χ3n) is 5.37. The number of thiazole rings is 1. The van der Waals surface area contributed by atoms with Crippen LogP contribution in [0.5, 0.6) is 17.2 Å². The molecule has 150 valence electrons.